The quantitative estimate of drug-likeness (QED) is 0.882. The van der Waals surface area contributed by atoms with Gasteiger partial charge in [0.1, 0.15) is 0 Å². The summed E-state index contributed by atoms with van der Waals surface area (Å²) in [5, 5.41) is 0. The predicted molar refractivity (Wildman–Crippen MR) is 73.4 cm³/mol. The van der Waals surface area contributed by atoms with Crippen LogP contribution in [0.15, 0.2) is 24.3 Å². The van der Waals surface area contributed by atoms with E-state index in [2.05, 4.69) is 18.2 Å². The number of amides is 1. The second-order valence-electron chi connectivity index (χ2n) is 4.85. The van der Waals surface area contributed by atoms with Crippen molar-refractivity contribution in [3.05, 3.63) is 35.4 Å². The fourth-order valence-corrected chi connectivity index (χ4v) is 2.81. The molecule has 0 spiro atoms. The lowest BCUT2D eigenvalue weighted by molar-refractivity contribution is -0.132. The Morgan fingerprint density at radius 1 is 1.44 bits per heavy atom. The van der Waals surface area contributed by atoms with E-state index in [0.717, 1.165) is 25.8 Å². The zero-order valence-electron chi connectivity index (χ0n) is 11.1. The fourth-order valence-electron chi connectivity index (χ4n) is 2.81. The maximum absolute atomic E-state index is 12.6. The number of nitrogens with two attached hydrogens (primary N) is 1. The predicted octanol–water partition coefficient (Wildman–Crippen LogP) is 1.91. The molecule has 0 heterocycles. The van der Waals surface area contributed by atoms with E-state index >= 15 is 0 Å². The molecule has 0 bridgehead atoms. The van der Waals surface area contributed by atoms with Crippen LogP contribution in [-0.2, 0) is 11.2 Å². The lowest BCUT2D eigenvalue weighted by atomic mass is 9.82. The molecular weight excluding hydrogens is 224 g/mol. The summed E-state index contributed by atoms with van der Waals surface area (Å²) >= 11 is 0. The summed E-state index contributed by atoms with van der Waals surface area (Å²) in [7, 11) is 0. The van der Waals surface area contributed by atoms with E-state index in [1.54, 1.807) is 0 Å². The van der Waals surface area contributed by atoms with E-state index in [-0.39, 0.29) is 11.8 Å². The molecule has 3 nitrogen and oxygen atoms in total. The molecule has 2 N–H and O–H groups in total. The van der Waals surface area contributed by atoms with Crippen molar-refractivity contribution >= 4 is 5.91 Å². The summed E-state index contributed by atoms with van der Waals surface area (Å²) in [6.07, 6.45) is 3.17. The lowest BCUT2D eigenvalue weighted by Gasteiger charge is -2.30. The molecule has 1 amide bonds. The van der Waals surface area contributed by atoms with Crippen LogP contribution in [0.2, 0.25) is 0 Å². The van der Waals surface area contributed by atoms with Crippen molar-refractivity contribution in [3.8, 4) is 0 Å². The maximum atomic E-state index is 12.6. The smallest absolute Gasteiger partial charge is 0.230 e. The molecule has 0 radical (unpaired) electrons. The Morgan fingerprint density at radius 3 is 2.94 bits per heavy atom. The van der Waals surface area contributed by atoms with Gasteiger partial charge in [0.25, 0.3) is 0 Å². The molecule has 1 aliphatic carbocycles. The summed E-state index contributed by atoms with van der Waals surface area (Å²) in [6.45, 7) is 3.96. The van der Waals surface area contributed by atoms with Crippen LogP contribution in [0.4, 0.5) is 0 Å². The monoisotopic (exact) mass is 246 g/mol. The van der Waals surface area contributed by atoms with Crippen molar-refractivity contribution in [3.63, 3.8) is 0 Å². The molecule has 0 aliphatic heterocycles. The number of aryl methyl sites for hydroxylation is 1. The highest BCUT2D eigenvalue weighted by Crippen LogP contribution is 2.32. The summed E-state index contributed by atoms with van der Waals surface area (Å²) in [6, 6.07) is 8.34. The summed E-state index contributed by atoms with van der Waals surface area (Å²) in [5.74, 6) is 0.288. The third-order valence-electron chi connectivity index (χ3n) is 3.76. The molecule has 18 heavy (non-hydrogen) atoms. The van der Waals surface area contributed by atoms with E-state index in [1.807, 2.05) is 17.9 Å². The summed E-state index contributed by atoms with van der Waals surface area (Å²) < 4.78 is 0. The number of carbonyl (C=O) groups excluding carboxylic acids is 1. The van der Waals surface area contributed by atoms with Crippen molar-refractivity contribution in [1.29, 1.82) is 0 Å². The Balaban J connectivity index is 2.21. The Bertz CT molecular complexity index is 417. The van der Waals surface area contributed by atoms with Gasteiger partial charge in [-0.1, -0.05) is 24.3 Å². The molecule has 0 fully saturated rings. The molecule has 1 atom stereocenters. The maximum Gasteiger partial charge on any atom is 0.230 e. The molecule has 1 aromatic carbocycles. The van der Waals surface area contributed by atoms with E-state index < -0.39 is 0 Å². The number of fused-ring (bicyclic) bond motifs is 1. The zero-order valence-corrected chi connectivity index (χ0v) is 11.1. The number of carbonyl (C=O) groups is 1. The largest absolute Gasteiger partial charge is 0.341 e. The second kappa shape index (κ2) is 6.01. The molecule has 1 aliphatic rings. The SMILES string of the molecule is CCN(CCN)C(=O)C1CCCc2ccccc21. The number of hydrogen-bond acceptors (Lipinski definition) is 2. The van der Waals surface area contributed by atoms with Crippen LogP contribution >= 0.6 is 0 Å². The Kier molecular flexibility index (Phi) is 4.37. The van der Waals surface area contributed by atoms with Gasteiger partial charge >= 0.3 is 0 Å². The molecule has 0 aromatic heterocycles. The van der Waals surface area contributed by atoms with Gasteiger partial charge in [-0.25, -0.2) is 0 Å². The van der Waals surface area contributed by atoms with E-state index in [1.165, 1.54) is 11.1 Å². The van der Waals surface area contributed by atoms with Crippen molar-refractivity contribution in [2.75, 3.05) is 19.6 Å². The number of hydrogen-bond donors (Lipinski definition) is 1. The number of likely N-dealkylation sites (N-methyl/N-ethyl adjacent to an activating group) is 1. The van der Waals surface area contributed by atoms with Gasteiger partial charge in [-0.3, -0.25) is 4.79 Å². The molecule has 2 rings (SSSR count). The van der Waals surface area contributed by atoms with Gasteiger partial charge in [0.05, 0.1) is 5.92 Å². The Morgan fingerprint density at radius 2 is 2.22 bits per heavy atom. The van der Waals surface area contributed by atoms with E-state index in [4.69, 9.17) is 5.73 Å². The first-order valence-electron chi connectivity index (χ1n) is 6.84. The standard InChI is InChI=1S/C15H22N2O/c1-2-17(11-10-16)15(18)14-9-5-7-12-6-3-4-8-13(12)14/h3-4,6,8,14H,2,5,7,9-11,16H2,1H3. The number of benzene rings is 1. The van der Waals surface area contributed by atoms with Gasteiger partial charge in [0.15, 0.2) is 0 Å². The van der Waals surface area contributed by atoms with Crippen LogP contribution in [-0.4, -0.2) is 30.4 Å². The average Bonchev–Trinajstić information content (AvgIpc) is 2.43. The van der Waals surface area contributed by atoms with Gasteiger partial charge in [0.2, 0.25) is 5.91 Å². The third kappa shape index (κ3) is 2.56. The van der Waals surface area contributed by atoms with Gasteiger partial charge < -0.3 is 10.6 Å². The molecule has 0 saturated carbocycles. The van der Waals surface area contributed by atoms with Crippen molar-refractivity contribution in [2.45, 2.75) is 32.1 Å². The topological polar surface area (TPSA) is 46.3 Å². The highest BCUT2D eigenvalue weighted by Gasteiger charge is 2.28. The minimum Gasteiger partial charge on any atom is -0.341 e. The highest BCUT2D eigenvalue weighted by atomic mass is 16.2. The van der Waals surface area contributed by atoms with Gasteiger partial charge in [-0.05, 0) is 37.3 Å². The summed E-state index contributed by atoms with van der Waals surface area (Å²) in [5.41, 5.74) is 8.14. The lowest BCUT2D eigenvalue weighted by Crippen LogP contribution is -2.39. The minimum absolute atomic E-state index is 0.0430. The molecule has 3 heteroatoms. The third-order valence-corrected chi connectivity index (χ3v) is 3.76. The fraction of sp³-hybridized carbons (Fsp3) is 0.533. The van der Waals surface area contributed by atoms with Crippen LogP contribution in [0.3, 0.4) is 0 Å². The van der Waals surface area contributed by atoms with Crippen LogP contribution in [0.1, 0.15) is 36.8 Å². The molecule has 1 aromatic rings. The molecular formula is C15H22N2O. The van der Waals surface area contributed by atoms with Gasteiger partial charge in [0, 0.05) is 19.6 Å². The highest BCUT2D eigenvalue weighted by molar-refractivity contribution is 5.84. The Labute approximate surface area is 109 Å². The first-order valence-corrected chi connectivity index (χ1v) is 6.84. The first-order chi connectivity index (χ1) is 8.77. The average molecular weight is 246 g/mol. The van der Waals surface area contributed by atoms with Crippen molar-refractivity contribution < 1.29 is 4.79 Å². The van der Waals surface area contributed by atoms with E-state index in [0.29, 0.717) is 13.1 Å². The minimum atomic E-state index is 0.0430. The van der Waals surface area contributed by atoms with Gasteiger partial charge in [-0.2, -0.15) is 0 Å². The second-order valence-corrected chi connectivity index (χ2v) is 4.85. The van der Waals surface area contributed by atoms with Crippen molar-refractivity contribution in [1.82, 2.24) is 4.90 Å². The van der Waals surface area contributed by atoms with Gasteiger partial charge in [-0.15, -0.1) is 0 Å². The van der Waals surface area contributed by atoms with Crippen LogP contribution in [0, 0.1) is 0 Å². The molecule has 1 unspecified atom stereocenters. The first kappa shape index (κ1) is 13.1. The number of nitrogens with zero attached hydrogens (tertiary/aromatic N) is 1. The van der Waals surface area contributed by atoms with E-state index in [9.17, 15) is 4.79 Å². The zero-order chi connectivity index (χ0) is 13.0. The normalized spacial score (nSPS) is 18.2. The van der Waals surface area contributed by atoms with Crippen LogP contribution in [0.25, 0.3) is 0 Å². The van der Waals surface area contributed by atoms with Crippen LogP contribution in [0.5, 0.6) is 0 Å². The molecule has 98 valence electrons. The van der Waals surface area contributed by atoms with Crippen LogP contribution < -0.4 is 5.73 Å². The van der Waals surface area contributed by atoms with Crippen molar-refractivity contribution in [2.24, 2.45) is 5.73 Å². The number of rotatable bonds is 4. The Hall–Kier alpha value is -1.35. The molecule has 0 saturated heterocycles. The summed E-state index contributed by atoms with van der Waals surface area (Å²) in [4.78, 5) is 14.4.